The summed E-state index contributed by atoms with van der Waals surface area (Å²) in [6, 6.07) is 5.72. The van der Waals surface area contributed by atoms with Gasteiger partial charge in [-0.05, 0) is 51.0 Å². The normalized spacial score (nSPS) is 15.6. The molecule has 0 aromatic carbocycles. The van der Waals surface area contributed by atoms with Crippen molar-refractivity contribution in [3.63, 3.8) is 0 Å². The van der Waals surface area contributed by atoms with Crippen LogP contribution in [0.2, 0.25) is 0 Å². The molecule has 1 fully saturated rings. The minimum atomic E-state index is 1.36. The molecule has 1 aliphatic heterocycles. The van der Waals surface area contributed by atoms with Crippen molar-refractivity contribution in [2.24, 2.45) is 0 Å². The first kappa shape index (κ1) is 13.2. The van der Waals surface area contributed by atoms with Crippen LogP contribution in [0.25, 0.3) is 0 Å². The minimum absolute atomic E-state index is 1.36. The van der Waals surface area contributed by atoms with Crippen LogP contribution >= 0.6 is 0 Å². The molecule has 1 saturated heterocycles. The summed E-state index contributed by atoms with van der Waals surface area (Å²) < 4.78 is 0. The topological polar surface area (TPSA) is 16.1 Å². The molecule has 1 aromatic heterocycles. The first-order valence-electron chi connectivity index (χ1n) is 6.51. The molecule has 1 aliphatic rings. The van der Waals surface area contributed by atoms with Gasteiger partial charge in [0.25, 0.3) is 0 Å². The highest BCUT2D eigenvalue weighted by Crippen LogP contribution is 2.08. The van der Waals surface area contributed by atoms with E-state index in [1.54, 1.807) is 12.4 Å². The summed E-state index contributed by atoms with van der Waals surface area (Å²) in [6.07, 6.45) is 10.6. The van der Waals surface area contributed by atoms with Crippen LogP contribution in [0.4, 0.5) is 0 Å². The van der Waals surface area contributed by atoms with Gasteiger partial charge in [-0.15, -0.1) is 0 Å². The molecule has 1 aromatic rings. The molecule has 90 valence electrons. The molecular weight excluding hydrogens is 196 g/mol. The average molecular weight is 220 g/mol. The number of unbranched alkanes of at least 4 members (excludes halogenated alkanes) is 2. The van der Waals surface area contributed by atoms with Gasteiger partial charge in [-0.25, -0.2) is 0 Å². The Morgan fingerprint density at radius 2 is 1.69 bits per heavy atom. The van der Waals surface area contributed by atoms with Crippen molar-refractivity contribution in [1.29, 1.82) is 0 Å². The molecule has 0 aliphatic carbocycles. The third-order valence-electron chi connectivity index (χ3n) is 2.84. The lowest BCUT2D eigenvalue weighted by molar-refractivity contribution is 0.329. The van der Waals surface area contributed by atoms with Crippen LogP contribution < -0.4 is 0 Å². The van der Waals surface area contributed by atoms with E-state index in [0.717, 1.165) is 0 Å². The number of aromatic nitrogens is 1. The maximum absolute atomic E-state index is 3.78. The van der Waals surface area contributed by atoms with E-state index in [4.69, 9.17) is 0 Å². The van der Waals surface area contributed by atoms with Crippen molar-refractivity contribution in [2.75, 3.05) is 19.6 Å². The second-order valence-corrected chi connectivity index (χ2v) is 4.28. The SMILES string of the molecule is CCCCCN1CCCC1.c1ccncc1. The second kappa shape index (κ2) is 9.34. The maximum atomic E-state index is 3.78. The second-order valence-electron chi connectivity index (χ2n) is 4.28. The van der Waals surface area contributed by atoms with Gasteiger partial charge in [-0.2, -0.15) is 0 Å². The largest absolute Gasteiger partial charge is 0.303 e. The van der Waals surface area contributed by atoms with E-state index in [-0.39, 0.29) is 0 Å². The van der Waals surface area contributed by atoms with Gasteiger partial charge in [0.2, 0.25) is 0 Å². The van der Waals surface area contributed by atoms with Gasteiger partial charge >= 0.3 is 0 Å². The van der Waals surface area contributed by atoms with Gasteiger partial charge in [-0.3, -0.25) is 4.98 Å². The van der Waals surface area contributed by atoms with E-state index in [9.17, 15) is 0 Å². The zero-order valence-electron chi connectivity index (χ0n) is 10.4. The molecular formula is C14H24N2. The fourth-order valence-corrected chi connectivity index (χ4v) is 1.90. The molecule has 2 rings (SSSR count). The van der Waals surface area contributed by atoms with E-state index < -0.39 is 0 Å². The summed E-state index contributed by atoms with van der Waals surface area (Å²) in [5.74, 6) is 0. The van der Waals surface area contributed by atoms with E-state index in [0.29, 0.717) is 0 Å². The number of hydrogen-bond acceptors (Lipinski definition) is 2. The van der Waals surface area contributed by atoms with Gasteiger partial charge in [-0.1, -0.05) is 25.8 Å². The van der Waals surface area contributed by atoms with Gasteiger partial charge in [0.05, 0.1) is 0 Å². The number of likely N-dealkylation sites (tertiary alicyclic amines) is 1. The van der Waals surface area contributed by atoms with Gasteiger partial charge in [0, 0.05) is 12.4 Å². The molecule has 2 heterocycles. The summed E-state index contributed by atoms with van der Waals surface area (Å²) in [6.45, 7) is 6.35. The quantitative estimate of drug-likeness (QED) is 0.723. The lowest BCUT2D eigenvalue weighted by Gasteiger charge is -2.12. The van der Waals surface area contributed by atoms with Crippen LogP contribution in [-0.4, -0.2) is 29.5 Å². The van der Waals surface area contributed by atoms with Crippen molar-refractivity contribution < 1.29 is 0 Å². The molecule has 0 radical (unpaired) electrons. The lowest BCUT2D eigenvalue weighted by atomic mass is 10.2. The fourth-order valence-electron chi connectivity index (χ4n) is 1.90. The van der Waals surface area contributed by atoms with Crippen molar-refractivity contribution >= 4 is 0 Å². The van der Waals surface area contributed by atoms with Crippen LogP contribution in [0.15, 0.2) is 30.6 Å². The smallest absolute Gasteiger partial charge is 0.0267 e. The molecule has 0 amide bonds. The van der Waals surface area contributed by atoms with E-state index in [2.05, 4.69) is 16.8 Å². The van der Waals surface area contributed by atoms with Crippen LogP contribution in [0, 0.1) is 0 Å². The zero-order valence-corrected chi connectivity index (χ0v) is 10.4. The number of pyridine rings is 1. The zero-order chi connectivity index (χ0) is 11.5. The fraction of sp³-hybridized carbons (Fsp3) is 0.643. The Morgan fingerprint density at radius 1 is 1.00 bits per heavy atom. The molecule has 0 bridgehead atoms. The molecule has 0 N–H and O–H groups in total. The molecule has 0 atom stereocenters. The minimum Gasteiger partial charge on any atom is -0.303 e. The highest BCUT2D eigenvalue weighted by molar-refractivity contribution is 4.88. The van der Waals surface area contributed by atoms with E-state index in [1.807, 2.05) is 18.2 Å². The standard InChI is InChI=1S/C9H19N.C5H5N/c1-2-3-4-7-10-8-5-6-9-10;1-2-4-6-5-3-1/h2-9H2,1H3;1-5H. The summed E-state index contributed by atoms with van der Waals surface area (Å²) >= 11 is 0. The lowest BCUT2D eigenvalue weighted by Crippen LogP contribution is -2.20. The van der Waals surface area contributed by atoms with Crippen molar-refractivity contribution in [3.05, 3.63) is 30.6 Å². The maximum Gasteiger partial charge on any atom is 0.0267 e. The molecule has 2 heteroatoms. The van der Waals surface area contributed by atoms with E-state index in [1.165, 1.54) is 51.7 Å². The average Bonchev–Trinajstić information content (AvgIpc) is 2.86. The Hall–Kier alpha value is -0.890. The Morgan fingerprint density at radius 3 is 2.12 bits per heavy atom. The third kappa shape index (κ3) is 6.57. The summed E-state index contributed by atoms with van der Waals surface area (Å²) in [4.78, 5) is 6.38. The van der Waals surface area contributed by atoms with Gasteiger partial charge < -0.3 is 4.90 Å². The Kier molecular flexibility index (Phi) is 7.70. The highest BCUT2D eigenvalue weighted by atomic mass is 15.1. The molecule has 2 nitrogen and oxygen atoms in total. The van der Waals surface area contributed by atoms with E-state index >= 15 is 0 Å². The Labute approximate surface area is 99.7 Å². The van der Waals surface area contributed by atoms with Crippen molar-refractivity contribution in [2.45, 2.75) is 39.0 Å². The highest BCUT2D eigenvalue weighted by Gasteiger charge is 2.09. The summed E-state index contributed by atoms with van der Waals surface area (Å²) in [7, 11) is 0. The summed E-state index contributed by atoms with van der Waals surface area (Å²) in [5, 5.41) is 0. The monoisotopic (exact) mass is 220 g/mol. The molecule has 16 heavy (non-hydrogen) atoms. The molecule has 0 unspecified atom stereocenters. The number of hydrogen-bond donors (Lipinski definition) is 0. The summed E-state index contributed by atoms with van der Waals surface area (Å²) in [5.41, 5.74) is 0. The predicted molar refractivity (Wildman–Crippen MR) is 69.4 cm³/mol. The Balaban J connectivity index is 0.000000181. The van der Waals surface area contributed by atoms with Crippen LogP contribution in [0.1, 0.15) is 39.0 Å². The van der Waals surface area contributed by atoms with Crippen LogP contribution in [0.5, 0.6) is 0 Å². The van der Waals surface area contributed by atoms with Crippen LogP contribution in [0.3, 0.4) is 0 Å². The van der Waals surface area contributed by atoms with Crippen molar-refractivity contribution in [1.82, 2.24) is 9.88 Å². The number of nitrogens with zero attached hydrogens (tertiary/aromatic N) is 2. The molecule has 0 spiro atoms. The molecule has 0 saturated carbocycles. The van der Waals surface area contributed by atoms with Gasteiger partial charge in [0.1, 0.15) is 0 Å². The van der Waals surface area contributed by atoms with Crippen molar-refractivity contribution in [3.8, 4) is 0 Å². The van der Waals surface area contributed by atoms with Gasteiger partial charge in [0.15, 0.2) is 0 Å². The first-order chi connectivity index (χ1) is 7.93. The number of rotatable bonds is 4. The third-order valence-corrected chi connectivity index (χ3v) is 2.84. The predicted octanol–water partition coefficient (Wildman–Crippen LogP) is 3.35. The first-order valence-corrected chi connectivity index (χ1v) is 6.51. The Bertz CT molecular complexity index is 203. The van der Waals surface area contributed by atoms with Crippen LogP contribution in [-0.2, 0) is 0 Å².